The van der Waals surface area contributed by atoms with Crippen LogP contribution in [0.5, 0.6) is 5.75 Å². The highest BCUT2D eigenvalue weighted by Crippen LogP contribution is 2.17. The molecule has 0 bridgehead atoms. The molecule has 1 atom stereocenters. The van der Waals surface area contributed by atoms with Gasteiger partial charge in [-0.15, -0.1) is 0 Å². The first-order chi connectivity index (χ1) is 11.5. The maximum atomic E-state index is 10.9. The quantitative estimate of drug-likeness (QED) is 0.727. The van der Waals surface area contributed by atoms with E-state index in [4.69, 9.17) is 9.84 Å². The lowest BCUT2D eigenvalue weighted by molar-refractivity contribution is 0.0695. The molecule has 0 amide bonds. The number of para-hydroxylation sites is 2. The lowest BCUT2D eigenvalue weighted by atomic mass is 10.2. The number of aromatic nitrogens is 2. The smallest absolute Gasteiger partial charge is 0.335 e. The minimum absolute atomic E-state index is 0.0645. The van der Waals surface area contributed by atoms with Gasteiger partial charge in [-0.2, -0.15) is 0 Å². The maximum absolute atomic E-state index is 10.9. The van der Waals surface area contributed by atoms with Gasteiger partial charge in [-0.25, -0.2) is 9.78 Å². The number of aliphatic hydroxyl groups excluding tert-OH is 1. The second kappa shape index (κ2) is 6.72. The van der Waals surface area contributed by atoms with Crippen molar-refractivity contribution in [3.63, 3.8) is 0 Å². The van der Waals surface area contributed by atoms with Crippen molar-refractivity contribution in [2.45, 2.75) is 19.6 Å². The molecule has 24 heavy (non-hydrogen) atoms. The number of carbonyl (C=O) groups is 1. The molecule has 0 aliphatic heterocycles. The van der Waals surface area contributed by atoms with Gasteiger partial charge < -0.3 is 19.5 Å². The third-order valence-electron chi connectivity index (χ3n) is 3.76. The van der Waals surface area contributed by atoms with E-state index in [1.165, 1.54) is 12.1 Å². The Labute approximate surface area is 138 Å². The van der Waals surface area contributed by atoms with Crippen LogP contribution >= 0.6 is 0 Å². The van der Waals surface area contributed by atoms with Gasteiger partial charge in [0.15, 0.2) is 0 Å². The predicted octanol–water partition coefficient (Wildman–Crippen LogP) is 2.48. The molecule has 0 saturated heterocycles. The van der Waals surface area contributed by atoms with E-state index >= 15 is 0 Å². The molecule has 124 valence electrons. The summed E-state index contributed by atoms with van der Waals surface area (Å²) in [4.78, 5) is 15.4. The molecule has 2 N–H and O–H groups in total. The second-order valence-electron chi connectivity index (χ2n) is 5.56. The standard InChI is InChI=1S/C18H18N2O4/c1-12-19-16-7-2-3-8-17(16)20(12)10-14(21)11-24-15-6-4-5-13(9-15)18(22)23/h2-9,14,21H,10-11H2,1H3,(H,22,23)/t14-/m1/s1. The molecule has 3 rings (SSSR count). The number of aliphatic hydroxyl groups is 1. The van der Waals surface area contributed by atoms with Crippen LogP contribution in [0.2, 0.25) is 0 Å². The number of imidazole rings is 1. The topological polar surface area (TPSA) is 84.6 Å². The summed E-state index contributed by atoms with van der Waals surface area (Å²) in [7, 11) is 0. The van der Waals surface area contributed by atoms with Crippen LogP contribution in [0.25, 0.3) is 11.0 Å². The molecule has 0 aliphatic rings. The van der Waals surface area contributed by atoms with E-state index in [1.54, 1.807) is 12.1 Å². The molecule has 0 unspecified atom stereocenters. The van der Waals surface area contributed by atoms with Crippen LogP contribution < -0.4 is 4.74 Å². The highest BCUT2D eigenvalue weighted by molar-refractivity contribution is 5.88. The number of hydrogen-bond acceptors (Lipinski definition) is 4. The summed E-state index contributed by atoms with van der Waals surface area (Å²) in [6.45, 7) is 2.31. The van der Waals surface area contributed by atoms with Gasteiger partial charge in [0.1, 0.15) is 24.3 Å². The Morgan fingerprint density at radius 1 is 1.25 bits per heavy atom. The monoisotopic (exact) mass is 326 g/mol. The van der Waals surface area contributed by atoms with Crippen molar-refractivity contribution < 1.29 is 19.7 Å². The molecule has 0 saturated carbocycles. The van der Waals surface area contributed by atoms with Crippen LogP contribution in [0.4, 0.5) is 0 Å². The Kier molecular flexibility index (Phi) is 4.48. The molecule has 6 nitrogen and oxygen atoms in total. The molecule has 0 spiro atoms. The molecular weight excluding hydrogens is 308 g/mol. The number of hydrogen-bond donors (Lipinski definition) is 2. The van der Waals surface area contributed by atoms with Crippen LogP contribution in [0.3, 0.4) is 0 Å². The minimum Gasteiger partial charge on any atom is -0.491 e. The number of fused-ring (bicyclic) bond motifs is 1. The van der Waals surface area contributed by atoms with Crippen LogP contribution in [-0.4, -0.2) is 38.4 Å². The first-order valence-corrected chi connectivity index (χ1v) is 7.60. The Morgan fingerprint density at radius 2 is 2.04 bits per heavy atom. The Morgan fingerprint density at radius 3 is 2.83 bits per heavy atom. The summed E-state index contributed by atoms with van der Waals surface area (Å²) in [5.41, 5.74) is 2.00. The first kappa shape index (κ1) is 16.0. The third kappa shape index (κ3) is 3.38. The normalized spacial score (nSPS) is 12.2. The van der Waals surface area contributed by atoms with E-state index in [2.05, 4.69) is 4.98 Å². The number of nitrogens with zero attached hydrogens (tertiary/aromatic N) is 2. The second-order valence-corrected chi connectivity index (χ2v) is 5.56. The van der Waals surface area contributed by atoms with E-state index in [9.17, 15) is 9.90 Å². The number of carboxylic acid groups (broad SMARTS) is 1. The Bertz CT molecular complexity index is 872. The maximum Gasteiger partial charge on any atom is 0.335 e. The van der Waals surface area contributed by atoms with Crippen molar-refractivity contribution in [2.75, 3.05) is 6.61 Å². The first-order valence-electron chi connectivity index (χ1n) is 7.60. The molecule has 3 aromatic rings. The van der Waals surface area contributed by atoms with E-state index in [-0.39, 0.29) is 12.2 Å². The molecule has 0 radical (unpaired) electrons. The van der Waals surface area contributed by atoms with Gasteiger partial charge >= 0.3 is 5.97 Å². The lowest BCUT2D eigenvalue weighted by Gasteiger charge is -2.15. The SMILES string of the molecule is Cc1nc2ccccc2n1C[C@@H](O)COc1cccc(C(=O)O)c1. The average molecular weight is 326 g/mol. The van der Waals surface area contributed by atoms with Crippen molar-refractivity contribution in [1.29, 1.82) is 0 Å². The molecule has 0 aliphatic carbocycles. The van der Waals surface area contributed by atoms with Crippen molar-refractivity contribution in [3.8, 4) is 5.75 Å². The molecule has 1 heterocycles. The summed E-state index contributed by atoms with van der Waals surface area (Å²) in [5.74, 6) is 0.228. The third-order valence-corrected chi connectivity index (χ3v) is 3.76. The molecule has 6 heteroatoms. The summed E-state index contributed by atoms with van der Waals surface area (Å²) in [5, 5.41) is 19.2. The Hall–Kier alpha value is -2.86. The summed E-state index contributed by atoms with van der Waals surface area (Å²) in [6.07, 6.45) is -0.741. The number of benzene rings is 2. The van der Waals surface area contributed by atoms with Gasteiger partial charge in [-0.1, -0.05) is 18.2 Å². The summed E-state index contributed by atoms with van der Waals surface area (Å²) >= 11 is 0. The van der Waals surface area contributed by atoms with Crippen LogP contribution in [0.15, 0.2) is 48.5 Å². The van der Waals surface area contributed by atoms with Crippen molar-refractivity contribution in [1.82, 2.24) is 9.55 Å². The minimum atomic E-state index is -1.01. The molecule has 2 aromatic carbocycles. The largest absolute Gasteiger partial charge is 0.491 e. The average Bonchev–Trinajstić information content (AvgIpc) is 2.89. The van der Waals surface area contributed by atoms with Gasteiger partial charge in [0.2, 0.25) is 0 Å². The fourth-order valence-electron chi connectivity index (χ4n) is 2.60. The van der Waals surface area contributed by atoms with Crippen LogP contribution in [0.1, 0.15) is 16.2 Å². The zero-order valence-electron chi connectivity index (χ0n) is 13.2. The molecular formula is C18H18N2O4. The predicted molar refractivity (Wildman–Crippen MR) is 89.4 cm³/mol. The van der Waals surface area contributed by atoms with Crippen molar-refractivity contribution >= 4 is 17.0 Å². The van der Waals surface area contributed by atoms with Crippen LogP contribution in [-0.2, 0) is 6.54 Å². The van der Waals surface area contributed by atoms with E-state index in [0.717, 1.165) is 16.9 Å². The number of ether oxygens (including phenoxy) is 1. The van der Waals surface area contributed by atoms with E-state index < -0.39 is 12.1 Å². The van der Waals surface area contributed by atoms with Gasteiger partial charge in [0, 0.05) is 0 Å². The van der Waals surface area contributed by atoms with Crippen molar-refractivity contribution in [2.24, 2.45) is 0 Å². The highest BCUT2D eigenvalue weighted by Gasteiger charge is 2.13. The number of carboxylic acids is 1. The van der Waals surface area contributed by atoms with Gasteiger partial charge in [0.05, 0.1) is 23.1 Å². The zero-order chi connectivity index (χ0) is 17.1. The summed E-state index contributed by atoms with van der Waals surface area (Å²) in [6, 6.07) is 13.9. The molecule has 1 aromatic heterocycles. The molecule has 0 fully saturated rings. The number of aromatic carboxylic acids is 1. The van der Waals surface area contributed by atoms with Crippen molar-refractivity contribution in [3.05, 3.63) is 59.9 Å². The Balaban J connectivity index is 1.67. The van der Waals surface area contributed by atoms with Gasteiger partial charge in [0.25, 0.3) is 0 Å². The van der Waals surface area contributed by atoms with Gasteiger partial charge in [-0.3, -0.25) is 0 Å². The number of rotatable bonds is 6. The zero-order valence-corrected chi connectivity index (χ0v) is 13.2. The lowest BCUT2D eigenvalue weighted by Crippen LogP contribution is -2.24. The van der Waals surface area contributed by atoms with E-state index in [1.807, 2.05) is 35.8 Å². The van der Waals surface area contributed by atoms with E-state index in [0.29, 0.717) is 12.3 Å². The number of aryl methyl sites for hydroxylation is 1. The fourth-order valence-corrected chi connectivity index (χ4v) is 2.60. The van der Waals surface area contributed by atoms with Gasteiger partial charge in [-0.05, 0) is 37.3 Å². The summed E-state index contributed by atoms with van der Waals surface area (Å²) < 4.78 is 7.45. The highest BCUT2D eigenvalue weighted by atomic mass is 16.5. The fraction of sp³-hybridized carbons (Fsp3) is 0.222. The van der Waals surface area contributed by atoms with Crippen LogP contribution in [0, 0.1) is 6.92 Å².